The lowest BCUT2D eigenvalue weighted by molar-refractivity contribution is 0.206. The molecule has 1 aliphatic carbocycles. The van der Waals surface area contributed by atoms with Crippen LogP contribution in [0.15, 0.2) is 29.3 Å². The highest BCUT2D eigenvalue weighted by molar-refractivity contribution is 5.77. The minimum absolute atomic E-state index is 0.0286. The first-order chi connectivity index (χ1) is 5.86. The molecule has 3 nitrogen and oxygen atoms in total. The lowest BCUT2D eigenvalue weighted by Gasteiger charge is -2.15. The highest BCUT2D eigenvalue weighted by Crippen LogP contribution is 2.07. The lowest BCUT2D eigenvalue weighted by Crippen LogP contribution is -2.19. The number of allylic oxidation sites excluding steroid dienone is 2. The van der Waals surface area contributed by atoms with Crippen molar-refractivity contribution in [3.63, 3.8) is 0 Å². The molecule has 1 rings (SSSR count). The van der Waals surface area contributed by atoms with E-state index >= 15 is 0 Å². The highest BCUT2D eigenvalue weighted by atomic mass is 16.5. The molecule has 0 saturated heterocycles. The van der Waals surface area contributed by atoms with Gasteiger partial charge in [-0.05, 0) is 6.08 Å². The topological polar surface area (TPSA) is 41.8 Å². The van der Waals surface area contributed by atoms with E-state index < -0.39 is 0 Å². The molecule has 0 aliphatic heterocycles. The molecule has 0 aromatic heterocycles. The third-order valence-corrected chi connectivity index (χ3v) is 1.61. The number of nitrogens with zero attached hydrogens (tertiary/aromatic N) is 1. The van der Waals surface area contributed by atoms with Gasteiger partial charge in [0.15, 0.2) is 0 Å². The lowest BCUT2D eigenvalue weighted by atomic mass is 10.1. The fraction of sp³-hybridized carbons (Fsp3) is 0.444. The molecule has 0 unspecified atom stereocenters. The van der Waals surface area contributed by atoms with Gasteiger partial charge in [-0.3, -0.25) is 4.99 Å². The summed E-state index contributed by atoms with van der Waals surface area (Å²) in [6.45, 7) is -0.134. The molecule has 0 aromatic rings. The number of rotatable bonds is 2. The van der Waals surface area contributed by atoms with Crippen molar-refractivity contribution in [1.29, 1.82) is 0 Å². The van der Waals surface area contributed by atoms with Crippen molar-refractivity contribution in [2.45, 2.75) is 12.5 Å². The van der Waals surface area contributed by atoms with Crippen molar-refractivity contribution in [2.24, 2.45) is 4.99 Å². The number of hydrogen-bond donors (Lipinski definition) is 1. The van der Waals surface area contributed by atoms with Gasteiger partial charge in [0.25, 0.3) is 0 Å². The Kier molecular flexibility index (Phi) is 3.54. The first kappa shape index (κ1) is 9.00. The van der Waals surface area contributed by atoms with Gasteiger partial charge in [-0.25, -0.2) is 0 Å². The summed E-state index contributed by atoms with van der Waals surface area (Å²) in [4.78, 5) is 3.79. The number of hydrogen-bond acceptors (Lipinski definition) is 3. The Balaban J connectivity index is 2.40. The van der Waals surface area contributed by atoms with Crippen molar-refractivity contribution in [3.05, 3.63) is 24.3 Å². The zero-order valence-corrected chi connectivity index (χ0v) is 7.10. The summed E-state index contributed by atoms with van der Waals surface area (Å²) in [5.41, 5.74) is 0. The van der Waals surface area contributed by atoms with E-state index in [-0.39, 0.29) is 12.7 Å². The molecule has 0 fully saturated rings. The molecule has 0 spiro atoms. The van der Waals surface area contributed by atoms with Crippen LogP contribution < -0.4 is 0 Å². The predicted molar refractivity (Wildman–Crippen MR) is 48.2 cm³/mol. The van der Waals surface area contributed by atoms with Gasteiger partial charge < -0.3 is 9.84 Å². The summed E-state index contributed by atoms with van der Waals surface area (Å²) in [5, 5.41) is 8.76. The maximum atomic E-state index is 8.76. The fourth-order valence-corrected chi connectivity index (χ4v) is 0.981. The number of aliphatic hydroxyl groups is 1. The summed E-state index contributed by atoms with van der Waals surface area (Å²) >= 11 is 0. The molecule has 0 saturated carbocycles. The third-order valence-electron chi connectivity index (χ3n) is 1.61. The van der Waals surface area contributed by atoms with E-state index in [1.165, 1.54) is 0 Å². The van der Waals surface area contributed by atoms with Crippen LogP contribution in [-0.4, -0.2) is 30.8 Å². The monoisotopic (exact) mass is 167 g/mol. The minimum Gasteiger partial charge on any atom is -0.471 e. The molecule has 0 bridgehead atoms. The van der Waals surface area contributed by atoms with Crippen LogP contribution in [0.4, 0.5) is 0 Å². The van der Waals surface area contributed by atoms with E-state index in [9.17, 15) is 0 Å². The van der Waals surface area contributed by atoms with Gasteiger partial charge in [-0.2, -0.15) is 0 Å². The average Bonchev–Trinajstić information content (AvgIpc) is 2.16. The number of aliphatic imine (C=N–C) groups is 1. The van der Waals surface area contributed by atoms with E-state index in [1.807, 2.05) is 24.3 Å². The molecule has 0 radical (unpaired) electrons. The van der Waals surface area contributed by atoms with Crippen LogP contribution in [0.25, 0.3) is 0 Å². The largest absolute Gasteiger partial charge is 0.471 e. The normalized spacial score (nSPS) is 22.8. The molecule has 12 heavy (non-hydrogen) atoms. The second-order valence-corrected chi connectivity index (χ2v) is 2.48. The van der Waals surface area contributed by atoms with Crippen LogP contribution in [0.2, 0.25) is 0 Å². The van der Waals surface area contributed by atoms with Gasteiger partial charge in [-0.1, -0.05) is 18.2 Å². The van der Waals surface area contributed by atoms with Crippen molar-refractivity contribution >= 4 is 5.90 Å². The Morgan fingerprint density at radius 3 is 3.00 bits per heavy atom. The maximum absolute atomic E-state index is 8.76. The summed E-state index contributed by atoms with van der Waals surface area (Å²) in [5.74, 6) is 0.389. The van der Waals surface area contributed by atoms with Crippen LogP contribution >= 0.6 is 0 Å². The van der Waals surface area contributed by atoms with Crippen LogP contribution in [0, 0.1) is 0 Å². The van der Waals surface area contributed by atoms with Gasteiger partial charge in [0.05, 0.1) is 0 Å². The zero-order chi connectivity index (χ0) is 8.81. The second kappa shape index (κ2) is 4.72. The fourth-order valence-electron chi connectivity index (χ4n) is 0.981. The van der Waals surface area contributed by atoms with Gasteiger partial charge in [0, 0.05) is 13.5 Å². The summed E-state index contributed by atoms with van der Waals surface area (Å²) in [6, 6.07) is 0. The van der Waals surface area contributed by atoms with Gasteiger partial charge in [0.2, 0.25) is 5.90 Å². The van der Waals surface area contributed by atoms with E-state index in [2.05, 4.69) is 4.99 Å². The summed E-state index contributed by atoms with van der Waals surface area (Å²) in [6.07, 6.45) is 8.74. The smallest absolute Gasteiger partial charge is 0.210 e. The molecule has 1 N–H and O–H groups in total. The minimum atomic E-state index is -0.134. The van der Waals surface area contributed by atoms with Crippen LogP contribution in [0.5, 0.6) is 0 Å². The van der Waals surface area contributed by atoms with Crippen molar-refractivity contribution in [2.75, 3.05) is 13.7 Å². The Morgan fingerprint density at radius 2 is 2.50 bits per heavy atom. The maximum Gasteiger partial charge on any atom is 0.210 e. The van der Waals surface area contributed by atoms with Crippen molar-refractivity contribution < 1.29 is 9.84 Å². The van der Waals surface area contributed by atoms with E-state index in [1.54, 1.807) is 7.05 Å². The average molecular weight is 167 g/mol. The van der Waals surface area contributed by atoms with Crippen molar-refractivity contribution in [1.82, 2.24) is 0 Å². The third kappa shape index (κ3) is 2.51. The number of aliphatic hydroxyl groups excluding tert-OH is 1. The zero-order valence-electron chi connectivity index (χ0n) is 7.10. The van der Waals surface area contributed by atoms with Crippen LogP contribution in [-0.2, 0) is 4.74 Å². The van der Waals surface area contributed by atoms with Crippen LogP contribution in [0.1, 0.15) is 6.42 Å². The van der Waals surface area contributed by atoms with Crippen LogP contribution in [0.3, 0.4) is 0 Å². The Bertz CT molecular complexity index is 219. The predicted octanol–water partition coefficient (Wildman–Crippen LogP) is 0.908. The molecule has 1 aliphatic rings. The Labute approximate surface area is 72.1 Å². The molecular weight excluding hydrogens is 154 g/mol. The second-order valence-electron chi connectivity index (χ2n) is 2.48. The summed E-state index contributed by atoms with van der Waals surface area (Å²) < 4.78 is 5.35. The first-order valence-corrected chi connectivity index (χ1v) is 3.93. The van der Waals surface area contributed by atoms with Gasteiger partial charge in [0.1, 0.15) is 12.7 Å². The number of ether oxygens (including phenoxy) is 1. The Hall–Kier alpha value is -1.09. The van der Waals surface area contributed by atoms with Gasteiger partial charge in [-0.15, -0.1) is 0 Å². The van der Waals surface area contributed by atoms with E-state index in [0.717, 1.165) is 6.42 Å². The quantitative estimate of drug-likeness (QED) is 0.490. The molecule has 1 atom stereocenters. The molecule has 0 heterocycles. The molecule has 3 heteroatoms. The van der Waals surface area contributed by atoms with E-state index in [0.29, 0.717) is 5.90 Å². The van der Waals surface area contributed by atoms with E-state index in [4.69, 9.17) is 9.84 Å². The SMILES string of the molecule is CN=C(CO)O[C@H]1C=CC=CC1. The molecule has 0 aromatic carbocycles. The standard InChI is InChI=1S/C9H13NO2/c1-10-9(7-11)12-8-5-3-2-4-6-8/h2-5,8,11H,6-7H2,1H3/t8-/m0/s1. The molecular formula is C9H13NO2. The highest BCUT2D eigenvalue weighted by Gasteiger charge is 2.08. The molecule has 0 amide bonds. The van der Waals surface area contributed by atoms with Crippen molar-refractivity contribution in [3.8, 4) is 0 Å². The first-order valence-electron chi connectivity index (χ1n) is 3.93. The van der Waals surface area contributed by atoms with Gasteiger partial charge >= 0.3 is 0 Å². The summed E-state index contributed by atoms with van der Waals surface area (Å²) in [7, 11) is 1.61. The molecule has 66 valence electrons. The Morgan fingerprint density at radius 1 is 1.67 bits per heavy atom.